The van der Waals surface area contributed by atoms with E-state index < -0.39 is 35.9 Å². The van der Waals surface area contributed by atoms with Crippen LogP contribution in [0.15, 0.2) is 0 Å². The van der Waals surface area contributed by atoms with Crippen LogP contribution in [0.1, 0.15) is 0 Å². The Labute approximate surface area is 67.5 Å². The van der Waals surface area contributed by atoms with E-state index in [0.29, 0.717) is 0 Å². The van der Waals surface area contributed by atoms with Gasteiger partial charge in [0.15, 0.2) is 11.6 Å². The molecule has 6 heteroatoms. The minimum absolute atomic E-state index is 0.863. The number of nitrogens with two attached hydrogens (primary N) is 1. The quantitative estimate of drug-likeness (QED) is 0.287. The van der Waals surface area contributed by atoms with Crippen molar-refractivity contribution in [3.63, 3.8) is 0 Å². The molecule has 0 aromatic rings. The van der Waals surface area contributed by atoms with Gasteiger partial charge in [-0.3, -0.25) is 0 Å². The lowest BCUT2D eigenvalue weighted by Gasteiger charge is -2.27. The second-order valence-corrected chi connectivity index (χ2v) is 3.18. The number of aliphatic hydroxyl groups excluding tert-OH is 3. The maximum Gasteiger partial charge on any atom is 0.332 e. The molecule has 0 unspecified atom stereocenters. The molecule has 1 saturated heterocycles. The maximum atomic E-state index is 10.9. The summed E-state index contributed by atoms with van der Waals surface area (Å²) in [5, 5.41) is 27.7. The van der Waals surface area contributed by atoms with E-state index in [1.807, 2.05) is 0 Å². The highest BCUT2D eigenvalue weighted by Gasteiger charge is 2.69. The van der Waals surface area contributed by atoms with Crippen LogP contribution in [0, 0.1) is 0 Å². The van der Waals surface area contributed by atoms with E-state index in [1.54, 1.807) is 0 Å². The normalized spacial score (nSPS) is 57.5. The summed E-state index contributed by atoms with van der Waals surface area (Å²) in [4.78, 5) is 10.9. The lowest BCUT2D eigenvalue weighted by Crippen LogP contribution is -2.61. The molecule has 6 nitrogen and oxygen atoms in total. The van der Waals surface area contributed by atoms with Crippen LogP contribution in [-0.4, -0.2) is 51.2 Å². The summed E-state index contributed by atoms with van der Waals surface area (Å²) in [6, 6.07) is 0. The van der Waals surface area contributed by atoms with Crippen LogP contribution in [-0.2, 0) is 9.53 Å². The van der Waals surface area contributed by atoms with E-state index in [-0.39, 0.29) is 0 Å². The van der Waals surface area contributed by atoms with Gasteiger partial charge >= 0.3 is 5.97 Å². The first-order chi connectivity index (χ1) is 5.49. The van der Waals surface area contributed by atoms with Gasteiger partial charge in [-0.05, 0) is 0 Å². The highest BCUT2D eigenvalue weighted by molar-refractivity contribution is 5.86. The van der Waals surface area contributed by atoms with Crippen molar-refractivity contribution in [1.29, 1.82) is 0 Å². The summed E-state index contributed by atoms with van der Waals surface area (Å²) in [5.74, 6) is -0.863. The van der Waals surface area contributed by atoms with Crippen LogP contribution in [0.25, 0.3) is 0 Å². The number of hydrogen-bond acceptors (Lipinski definition) is 6. The predicted octanol–water partition coefficient (Wildman–Crippen LogP) is -3.29. The zero-order valence-electron chi connectivity index (χ0n) is 6.04. The van der Waals surface area contributed by atoms with Gasteiger partial charge in [-0.2, -0.15) is 0 Å². The van der Waals surface area contributed by atoms with Gasteiger partial charge in [0.05, 0.1) is 0 Å². The largest absolute Gasteiger partial charge is 0.455 e. The van der Waals surface area contributed by atoms with Crippen molar-refractivity contribution >= 4 is 5.97 Å². The van der Waals surface area contributed by atoms with Crippen molar-refractivity contribution in [3.05, 3.63) is 0 Å². The molecule has 1 aliphatic carbocycles. The number of fused-ring (bicyclic) bond motifs is 2. The van der Waals surface area contributed by atoms with Crippen molar-refractivity contribution in [1.82, 2.24) is 0 Å². The summed E-state index contributed by atoms with van der Waals surface area (Å²) in [6.07, 6.45) is -5.14. The molecule has 0 radical (unpaired) electrons. The zero-order valence-corrected chi connectivity index (χ0v) is 6.04. The molecule has 2 rings (SSSR count). The minimum Gasteiger partial charge on any atom is -0.455 e. The molecule has 2 aliphatic rings. The van der Waals surface area contributed by atoms with E-state index in [2.05, 4.69) is 4.74 Å². The standard InChI is InChI=1S/C6H9NO5/c7-6-3(9)1(8)2(4(6)10)12-5(6)11/h1-4,8-10H,7H2/t1-,2+,3-,4+,6+/m0/s1. The number of hydrogen-bond donors (Lipinski definition) is 4. The van der Waals surface area contributed by atoms with E-state index in [9.17, 15) is 20.1 Å². The monoisotopic (exact) mass is 175 g/mol. The van der Waals surface area contributed by atoms with Crippen LogP contribution in [0.5, 0.6) is 0 Å². The average molecular weight is 175 g/mol. The molecule has 0 aromatic carbocycles. The number of rotatable bonds is 0. The maximum absolute atomic E-state index is 10.9. The van der Waals surface area contributed by atoms with Gasteiger partial charge in [0.2, 0.25) is 0 Å². The third-order valence-corrected chi connectivity index (χ3v) is 2.55. The van der Waals surface area contributed by atoms with Gasteiger partial charge in [-0.15, -0.1) is 0 Å². The molecule has 1 aliphatic heterocycles. The number of esters is 1. The lowest BCUT2D eigenvalue weighted by molar-refractivity contribution is -0.167. The second kappa shape index (κ2) is 1.97. The van der Waals surface area contributed by atoms with Gasteiger partial charge in [-0.1, -0.05) is 0 Å². The van der Waals surface area contributed by atoms with Crippen molar-refractivity contribution in [3.8, 4) is 0 Å². The smallest absolute Gasteiger partial charge is 0.332 e. The van der Waals surface area contributed by atoms with Crippen LogP contribution < -0.4 is 5.73 Å². The van der Waals surface area contributed by atoms with Crippen LogP contribution in [0.3, 0.4) is 0 Å². The van der Waals surface area contributed by atoms with Crippen molar-refractivity contribution in [2.75, 3.05) is 0 Å². The summed E-state index contributed by atoms with van der Waals surface area (Å²) in [7, 11) is 0. The average Bonchev–Trinajstić information content (AvgIpc) is 2.33. The van der Waals surface area contributed by atoms with Gasteiger partial charge in [0.1, 0.15) is 18.3 Å². The van der Waals surface area contributed by atoms with Crippen LogP contribution >= 0.6 is 0 Å². The molecular formula is C6H9NO5. The summed E-state index contributed by atoms with van der Waals surface area (Å²) in [5.41, 5.74) is 3.54. The number of carbonyl (C=O) groups excluding carboxylic acids is 1. The Kier molecular flexibility index (Phi) is 1.30. The van der Waals surface area contributed by atoms with E-state index >= 15 is 0 Å². The molecule has 12 heavy (non-hydrogen) atoms. The van der Waals surface area contributed by atoms with Crippen molar-refractivity contribution < 1.29 is 24.9 Å². The Morgan fingerprint density at radius 2 is 1.92 bits per heavy atom. The first kappa shape index (κ1) is 7.93. The fourth-order valence-electron chi connectivity index (χ4n) is 1.70. The van der Waals surface area contributed by atoms with E-state index in [0.717, 1.165) is 0 Å². The first-order valence-corrected chi connectivity index (χ1v) is 3.53. The van der Waals surface area contributed by atoms with Gasteiger partial charge in [-0.25, -0.2) is 4.79 Å². The number of aliphatic hydroxyl groups is 3. The molecule has 1 heterocycles. The van der Waals surface area contributed by atoms with Crippen molar-refractivity contribution in [2.24, 2.45) is 5.73 Å². The molecule has 0 aromatic heterocycles. The van der Waals surface area contributed by atoms with Crippen molar-refractivity contribution in [2.45, 2.75) is 30.0 Å². The van der Waals surface area contributed by atoms with Gasteiger partial charge in [0, 0.05) is 0 Å². The van der Waals surface area contributed by atoms with Crippen LogP contribution in [0.2, 0.25) is 0 Å². The molecule has 1 saturated carbocycles. The summed E-state index contributed by atoms with van der Waals surface area (Å²) < 4.78 is 4.53. The molecule has 68 valence electrons. The third kappa shape index (κ3) is 0.579. The number of carbonyl (C=O) groups is 1. The number of ether oxygens (including phenoxy) is 1. The molecule has 2 fully saturated rings. The predicted molar refractivity (Wildman–Crippen MR) is 34.8 cm³/mol. The molecular weight excluding hydrogens is 166 g/mol. The Morgan fingerprint density at radius 1 is 1.33 bits per heavy atom. The van der Waals surface area contributed by atoms with Crippen LogP contribution in [0.4, 0.5) is 0 Å². The first-order valence-electron chi connectivity index (χ1n) is 3.53. The Hall–Kier alpha value is -0.690. The second-order valence-electron chi connectivity index (χ2n) is 3.18. The van der Waals surface area contributed by atoms with E-state index in [4.69, 9.17) is 5.73 Å². The van der Waals surface area contributed by atoms with Gasteiger partial charge < -0.3 is 25.8 Å². The molecule has 2 bridgehead atoms. The Balaban J connectivity index is 2.44. The van der Waals surface area contributed by atoms with E-state index in [1.165, 1.54) is 0 Å². The minimum atomic E-state index is -1.84. The Morgan fingerprint density at radius 3 is 2.25 bits per heavy atom. The molecule has 0 spiro atoms. The molecule has 0 amide bonds. The fraction of sp³-hybridized carbons (Fsp3) is 0.833. The SMILES string of the molecule is N[C@]12C(=O)O[C@H]([C@H](O)[C@@H]1O)[C@H]2O. The Bertz CT molecular complexity index is 236. The third-order valence-electron chi connectivity index (χ3n) is 2.55. The van der Waals surface area contributed by atoms with Gasteiger partial charge in [0.25, 0.3) is 0 Å². The highest BCUT2D eigenvalue weighted by atomic mass is 16.6. The highest BCUT2D eigenvalue weighted by Crippen LogP contribution is 2.38. The topological polar surface area (TPSA) is 113 Å². The zero-order chi connectivity index (χ0) is 9.09. The lowest BCUT2D eigenvalue weighted by atomic mass is 9.95. The molecule has 5 N–H and O–H groups in total. The summed E-state index contributed by atoms with van der Waals surface area (Å²) in [6.45, 7) is 0. The fourth-order valence-corrected chi connectivity index (χ4v) is 1.70. The summed E-state index contributed by atoms with van der Waals surface area (Å²) >= 11 is 0. The molecule has 5 atom stereocenters.